The Morgan fingerprint density at radius 3 is 2.40 bits per heavy atom. The fourth-order valence-electron chi connectivity index (χ4n) is 4.24. The minimum Gasteiger partial charge on any atom is -0.478 e. The SMILES string of the molecule is CC(C(=O)Nc1ccc(Oc2ccccc2)cc1)N1CCCN(Cc2cccc(C(=O)O)c2)CC1. The molecule has 2 N–H and O–H groups in total. The molecule has 1 heterocycles. The second-order valence-corrected chi connectivity index (χ2v) is 8.78. The Bertz CT molecular complexity index is 1130. The van der Waals surface area contributed by atoms with E-state index >= 15 is 0 Å². The van der Waals surface area contributed by atoms with Crippen LogP contribution in [0.15, 0.2) is 78.9 Å². The van der Waals surface area contributed by atoms with Crippen LogP contribution in [0.2, 0.25) is 0 Å². The van der Waals surface area contributed by atoms with Gasteiger partial charge in [0.05, 0.1) is 11.6 Å². The highest BCUT2D eigenvalue weighted by Crippen LogP contribution is 2.23. The van der Waals surface area contributed by atoms with E-state index in [1.807, 2.05) is 67.6 Å². The van der Waals surface area contributed by atoms with Gasteiger partial charge in [-0.05, 0) is 74.0 Å². The molecule has 4 rings (SSSR count). The van der Waals surface area contributed by atoms with E-state index in [0.717, 1.165) is 49.6 Å². The summed E-state index contributed by atoms with van der Waals surface area (Å²) in [6.07, 6.45) is 0.946. The third-order valence-corrected chi connectivity index (χ3v) is 6.23. The summed E-state index contributed by atoms with van der Waals surface area (Å²) in [6, 6.07) is 23.8. The van der Waals surface area contributed by atoms with Crippen LogP contribution in [0.25, 0.3) is 0 Å². The van der Waals surface area contributed by atoms with Crippen molar-refractivity contribution >= 4 is 17.6 Å². The number of carbonyl (C=O) groups excluding carboxylic acids is 1. The van der Waals surface area contributed by atoms with Gasteiger partial charge in [0.15, 0.2) is 0 Å². The molecular weight excluding hydrogens is 442 g/mol. The fourth-order valence-corrected chi connectivity index (χ4v) is 4.24. The molecule has 1 fully saturated rings. The molecule has 0 spiro atoms. The lowest BCUT2D eigenvalue weighted by molar-refractivity contribution is -0.120. The zero-order valence-corrected chi connectivity index (χ0v) is 19.9. The van der Waals surface area contributed by atoms with E-state index in [4.69, 9.17) is 4.74 Å². The van der Waals surface area contributed by atoms with E-state index < -0.39 is 5.97 Å². The number of nitrogens with one attached hydrogen (secondary N) is 1. The van der Waals surface area contributed by atoms with Crippen molar-refractivity contribution in [2.24, 2.45) is 0 Å². The van der Waals surface area contributed by atoms with Crippen molar-refractivity contribution in [1.82, 2.24) is 9.80 Å². The molecule has 0 aliphatic carbocycles. The molecule has 35 heavy (non-hydrogen) atoms. The van der Waals surface area contributed by atoms with Crippen LogP contribution in [0.4, 0.5) is 5.69 Å². The van der Waals surface area contributed by atoms with Gasteiger partial charge in [-0.1, -0.05) is 30.3 Å². The molecular formula is C28H31N3O4. The second kappa shape index (κ2) is 11.6. The number of para-hydroxylation sites is 1. The molecule has 1 unspecified atom stereocenters. The summed E-state index contributed by atoms with van der Waals surface area (Å²) < 4.78 is 5.81. The van der Waals surface area contributed by atoms with Crippen molar-refractivity contribution in [2.45, 2.75) is 25.9 Å². The predicted molar refractivity (Wildman–Crippen MR) is 136 cm³/mol. The number of carbonyl (C=O) groups is 2. The van der Waals surface area contributed by atoms with Crippen molar-refractivity contribution in [3.8, 4) is 11.5 Å². The first-order valence-corrected chi connectivity index (χ1v) is 11.9. The van der Waals surface area contributed by atoms with Crippen LogP contribution in [0.3, 0.4) is 0 Å². The molecule has 0 radical (unpaired) electrons. The number of amides is 1. The van der Waals surface area contributed by atoms with Gasteiger partial charge in [-0.2, -0.15) is 0 Å². The third kappa shape index (κ3) is 6.91. The van der Waals surface area contributed by atoms with Crippen LogP contribution in [0.1, 0.15) is 29.3 Å². The smallest absolute Gasteiger partial charge is 0.335 e. The Hall–Kier alpha value is -3.68. The maximum Gasteiger partial charge on any atom is 0.335 e. The largest absolute Gasteiger partial charge is 0.478 e. The highest BCUT2D eigenvalue weighted by Gasteiger charge is 2.24. The summed E-state index contributed by atoms with van der Waals surface area (Å²) in [5.41, 5.74) is 2.03. The Morgan fingerprint density at radius 2 is 1.66 bits per heavy atom. The van der Waals surface area contributed by atoms with Crippen LogP contribution in [0.5, 0.6) is 11.5 Å². The number of rotatable bonds is 8. The third-order valence-electron chi connectivity index (χ3n) is 6.23. The summed E-state index contributed by atoms with van der Waals surface area (Å²) in [5, 5.41) is 12.2. The minimum absolute atomic E-state index is 0.0377. The van der Waals surface area contributed by atoms with Gasteiger partial charge in [-0.25, -0.2) is 4.79 Å². The molecule has 1 atom stereocenters. The van der Waals surface area contributed by atoms with Gasteiger partial charge in [0, 0.05) is 31.9 Å². The highest BCUT2D eigenvalue weighted by molar-refractivity contribution is 5.94. The number of anilines is 1. The maximum atomic E-state index is 12.9. The Labute approximate surface area is 205 Å². The number of carboxylic acid groups (broad SMARTS) is 1. The molecule has 1 saturated heterocycles. The lowest BCUT2D eigenvalue weighted by Crippen LogP contribution is -2.43. The Morgan fingerprint density at radius 1 is 0.914 bits per heavy atom. The van der Waals surface area contributed by atoms with Gasteiger partial charge in [-0.15, -0.1) is 0 Å². The number of ether oxygens (including phenoxy) is 1. The molecule has 7 heteroatoms. The molecule has 182 valence electrons. The van der Waals surface area contributed by atoms with Gasteiger partial charge < -0.3 is 15.2 Å². The van der Waals surface area contributed by atoms with Crippen molar-refractivity contribution < 1.29 is 19.4 Å². The first-order chi connectivity index (χ1) is 17.0. The van der Waals surface area contributed by atoms with Gasteiger partial charge >= 0.3 is 5.97 Å². The molecule has 1 aliphatic heterocycles. The Balaban J connectivity index is 1.28. The molecule has 0 bridgehead atoms. The molecule has 1 aliphatic rings. The van der Waals surface area contributed by atoms with Crippen molar-refractivity contribution in [1.29, 1.82) is 0 Å². The zero-order valence-electron chi connectivity index (χ0n) is 19.9. The van der Waals surface area contributed by atoms with Crippen molar-refractivity contribution in [3.63, 3.8) is 0 Å². The van der Waals surface area contributed by atoms with Crippen molar-refractivity contribution in [3.05, 3.63) is 90.0 Å². The summed E-state index contributed by atoms with van der Waals surface area (Å²) in [6.45, 7) is 5.98. The Kier molecular flexibility index (Phi) is 8.13. The monoisotopic (exact) mass is 473 g/mol. The average molecular weight is 474 g/mol. The van der Waals surface area contributed by atoms with Crippen LogP contribution >= 0.6 is 0 Å². The first-order valence-electron chi connectivity index (χ1n) is 11.9. The number of aromatic carboxylic acids is 1. The van der Waals surface area contributed by atoms with E-state index in [0.29, 0.717) is 17.9 Å². The number of hydrogen-bond donors (Lipinski definition) is 2. The molecule has 1 amide bonds. The molecule has 0 aromatic heterocycles. The average Bonchev–Trinajstić information content (AvgIpc) is 3.11. The maximum absolute atomic E-state index is 12.9. The minimum atomic E-state index is -0.910. The summed E-state index contributed by atoms with van der Waals surface area (Å²) >= 11 is 0. The lowest BCUT2D eigenvalue weighted by Gasteiger charge is -2.27. The number of hydrogen-bond acceptors (Lipinski definition) is 5. The van der Waals surface area contributed by atoms with Gasteiger partial charge in [0.25, 0.3) is 0 Å². The van der Waals surface area contributed by atoms with Gasteiger partial charge in [0.1, 0.15) is 11.5 Å². The van der Waals surface area contributed by atoms with E-state index in [9.17, 15) is 14.7 Å². The quantitative estimate of drug-likeness (QED) is 0.493. The highest BCUT2D eigenvalue weighted by atomic mass is 16.5. The number of carboxylic acids is 1. The summed E-state index contributed by atoms with van der Waals surface area (Å²) in [4.78, 5) is 28.7. The standard InChI is InChI=1S/C28H31N3O4/c1-21(27(32)29-24-11-13-26(14-12-24)35-25-9-3-2-4-10-25)31-16-6-15-30(17-18-31)20-22-7-5-8-23(19-22)28(33)34/h2-5,7-14,19,21H,6,15-18,20H2,1H3,(H,29,32)(H,33,34). The molecule has 0 saturated carbocycles. The predicted octanol–water partition coefficient (Wildman–Crippen LogP) is 4.71. The van der Waals surface area contributed by atoms with E-state index in [2.05, 4.69) is 15.1 Å². The molecule has 7 nitrogen and oxygen atoms in total. The molecule has 3 aromatic carbocycles. The van der Waals surface area contributed by atoms with E-state index in [1.54, 1.807) is 18.2 Å². The number of nitrogens with zero attached hydrogens (tertiary/aromatic N) is 2. The molecule has 3 aromatic rings. The van der Waals surface area contributed by atoms with Crippen molar-refractivity contribution in [2.75, 3.05) is 31.5 Å². The number of benzene rings is 3. The van der Waals surface area contributed by atoms with Crippen LogP contribution in [0, 0.1) is 0 Å². The van der Waals surface area contributed by atoms with Crippen LogP contribution in [-0.4, -0.2) is 59.0 Å². The lowest BCUT2D eigenvalue weighted by atomic mass is 10.1. The normalized spacial score (nSPS) is 15.7. The van der Waals surface area contributed by atoms with Crippen LogP contribution in [-0.2, 0) is 11.3 Å². The van der Waals surface area contributed by atoms with E-state index in [1.165, 1.54) is 0 Å². The first kappa shape index (κ1) is 24.4. The second-order valence-electron chi connectivity index (χ2n) is 8.78. The topological polar surface area (TPSA) is 82.1 Å². The van der Waals surface area contributed by atoms with E-state index in [-0.39, 0.29) is 11.9 Å². The van der Waals surface area contributed by atoms with Gasteiger partial charge in [-0.3, -0.25) is 14.6 Å². The summed E-state index contributed by atoms with van der Waals surface area (Å²) in [5.74, 6) is 0.530. The summed E-state index contributed by atoms with van der Waals surface area (Å²) in [7, 11) is 0. The zero-order chi connectivity index (χ0) is 24.6. The van der Waals surface area contributed by atoms with Crippen LogP contribution < -0.4 is 10.1 Å². The fraction of sp³-hybridized carbons (Fsp3) is 0.286. The van der Waals surface area contributed by atoms with Gasteiger partial charge in [0.2, 0.25) is 5.91 Å².